The minimum atomic E-state index is -0.00737. The molecule has 2 aromatic rings. The number of rotatable bonds is 6. The molecule has 0 spiro atoms. The molecule has 0 amide bonds. The van der Waals surface area contributed by atoms with Crippen molar-refractivity contribution >= 4 is 33.3 Å². The molecule has 0 heterocycles. The summed E-state index contributed by atoms with van der Waals surface area (Å²) < 4.78 is 11.4. The van der Waals surface area contributed by atoms with Gasteiger partial charge in [0, 0.05) is 11.4 Å². The zero-order valence-corrected chi connectivity index (χ0v) is 13.8. The smallest absolute Gasteiger partial charge is 0.174 e. The van der Waals surface area contributed by atoms with E-state index in [9.17, 15) is 4.79 Å². The van der Waals surface area contributed by atoms with Crippen molar-refractivity contribution in [1.82, 2.24) is 0 Å². The van der Waals surface area contributed by atoms with Gasteiger partial charge in [0.15, 0.2) is 5.78 Å². The van der Waals surface area contributed by atoms with Crippen LogP contribution in [0, 0.1) is 0 Å². The molecule has 0 atom stereocenters. The second-order valence-electron chi connectivity index (χ2n) is 4.43. The van der Waals surface area contributed by atoms with Crippen LogP contribution in [0.3, 0.4) is 0 Å². The number of ether oxygens (including phenoxy) is 2. The first-order valence-corrected chi connectivity index (χ1v) is 7.48. The van der Waals surface area contributed by atoms with Crippen LogP contribution >= 0.6 is 27.5 Å². The predicted octanol–water partition coefficient (Wildman–Crippen LogP) is 4.30. The van der Waals surface area contributed by atoms with Gasteiger partial charge < -0.3 is 9.47 Å². The molecular formula is C16H14BrClO3. The largest absolute Gasteiger partial charge is 0.496 e. The summed E-state index contributed by atoms with van der Waals surface area (Å²) in [6.07, 6.45) is 0.309. The molecule has 110 valence electrons. The van der Waals surface area contributed by atoms with E-state index in [-0.39, 0.29) is 12.4 Å². The third-order valence-corrected chi connectivity index (χ3v) is 3.67. The zero-order valence-electron chi connectivity index (χ0n) is 11.4. The van der Waals surface area contributed by atoms with Crippen LogP contribution in [0.2, 0.25) is 5.02 Å². The average Bonchev–Trinajstić information content (AvgIpc) is 2.45. The van der Waals surface area contributed by atoms with Crippen LogP contribution in [0.1, 0.15) is 5.56 Å². The van der Waals surface area contributed by atoms with E-state index in [0.29, 0.717) is 17.2 Å². The summed E-state index contributed by atoms with van der Waals surface area (Å²) in [5, 5.41) is 0.582. The van der Waals surface area contributed by atoms with Crippen molar-refractivity contribution in [2.75, 3.05) is 13.7 Å². The molecule has 5 heteroatoms. The quantitative estimate of drug-likeness (QED) is 0.761. The lowest BCUT2D eigenvalue weighted by molar-refractivity contribution is -0.120. The van der Waals surface area contributed by atoms with Crippen molar-refractivity contribution in [2.45, 2.75) is 6.42 Å². The molecule has 0 radical (unpaired) electrons. The second kappa shape index (κ2) is 7.48. The fourth-order valence-electron chi connectivity index (χ4n) is 1.82. The maximum atomic E-state index is 11.9. The highest BCUT2D eigenvalue weighted by Crippen LogP contribution is 2.25. The summed E-state index contributed by atoms with van der Waals surface area (Å²) in [5.74, 6) is 1.32. The Morgan fingerprint density at radius 1 is 1.24 bits per heavy atom. The van der Waals surface area contributed by atoms with Crippen molar-refractivity contribution in [3.05, 3.63) is 57.5 Å². The minimum Gasteiger partial charge on any atom is -0.496 e. The van der Waals surface area contributed by atoms with Crippen molar-refractivity contribution in [1.29, 1.82) is 0 Å². The van der Waals surface area contributed by atoms with E-state index in [2.05, 4.69) is 15.9 Å². The Morgan fingerprint density at radius 2 is 2.05 bits per heavy atom. The Hall–Kier alpha value is -1.52. The number of hydrogen-bond donors (Lipinski definition) is 0. The number of benzene rings is 2. The van der Waals surface area contributed by atoms with E-state index < -0.39 is 0 Å². The summed E-state index contributed by atoms with van der Waals surface area (Å²) in [6.45, 7) is 0.0178. The molecule has 0 bridgehead atoms. The summed E-state index contributed by atoms with van der Waals surface area (Å²) >= 11 is 9.25. The molecule has 0 unspecified atom stereocenters. The third-order valence-electron chi connectivity index (χ3n) is 2.81. The first-order chi connectivity index (χ1) is 10.1. The topological polar surface area (TPSA) is 35.5 Å². The van der Waals surface area contributed by atoms with E-state index in [1.165, 1.54) is 0 Å². The maximum absolute atomic E-state index is 11.9. The standard InChI is InChI=1S/C16H14BrClO3/c1-20-16-6-5-11(8-15(16)17)7-13(19)10-21-14-4-2-3-12(18)9-14/h2-6,8-9H,7,10H2,1H3. The van der Waals surface area contributed by atoms with Gasteiger partial charge in [0.2, 0.25) is 0 Å². The van der Waals surface area contributed by atoms with Crippen LogP contribution in [0.4, 0.5) is 0 Å². The number of carbonyl (C=O) groups excluding carboxylic acids is 1. The van der Waals surface area contributed by atoms with E-state index in [4.69, 9.17) is 21.1 Å². The average molecular weight is 370 g/mol. The van der Waals surface area contributed by atoms with E-state index in [1.54, 1.807) is 31.4 Å². The zero-order chi connectivity index (χ0) is 15.2. The van der Waals surface area contributed by atoms with Crippen LogP contribution in [-0.2, 0) is 11.2 Å². The number of halogens is 2. The summed E-state index contributed by atoms with van der Waals surface area (Å²) in [7, 11) is 1.60. The number of ketones is 1. The Kier molecular flexibility index (Phi) is 5.65. The van der Waals surface area contributed by atoms with E-state index >= 15 is 0 Å². The summed E-state index contributed by atoms with van der Waals surface area (Å²) in [5.41, 5.74) is 0.905. The van der Waals surface area contributed by atoms with Gasteiger partial charge >= 0.3 is 0 Å². The molecular weight excluding hydrogens is 356 g/mol. The van der Waals surface area contributed by atoms with Crippen molar-refractivity contribution in [3.8, 4) is 11.5 Å². The molecule has 2 rings (SSSR count). The molecule has 0 fully saturated rings. The number of methoxy groups -OCH3 is 1. The van der Waals surface area contributed by atoms with Gasteiger partial charge in [-0.3, -0.25) is 4.79 Å². The Balaban J connectivity index is 1.91. The number of hydrogen-bond acceptors (Lipinski definition) is 3. The fourth-order valence-corrected chi connectivity index (χ4v) is 2.59. The normalized spacial score (nSPS) is 10.2. The van der Waals surface area contributed by atoms with Crippen LogP contribution in [0.5, 0.6) is 11.5 Å². The van der Waals surface area contributed by atoms with Crippen LogP contribution in [0.15, 0.2) is 46.9 Å². The molecule has 0 saturated carbocycles. The lowest BCUT2D eigenvalue weighted by Crippen LogP contribution is -2.13. The number of carbonyl (C=O) groups is 1. The Morgan fingerprint density at radius 3 is 2.71 bits per heavy atom. The van der Waals surface area contributed by atoms with Gasteiger partial charge in [0.25, 0.3) is 0 Å². The summed E-state index contributed by atoms with van der Waals surface area (Å²) in [6, 6.07) is 12.5. The second-order valence-corrected chi connectivity index (χ2v) is 5.72. The van der Waals surface area contributed by atoms with Gasteiger partial charge in [-0.25, -0.2) is 0 Å². The van der Waals surface area contributed by atoms with Gasteiger partial charge in [-0.05, 0) is 51.8 Å². The lowest BCUT2D eigenvalue weighted by atomic mass is 10.1. The SMILES string of the molecule is COc1ccc(CC(=O)COc2cccc(Cl)c2)cc1Br. The van der Waals surface area contributed by atoms with E-state index in [0.717, 1.165) is 15.8 Å². The van der Waals surface area contributed by atoms with Crippen LogP contribution < -0.4 is 9.47 Å². The Labute approximate surface area is 137 Å². The van der Waals surface area contributed by atoms with E-state index in [1.807, 2.05) is 18.2 Å². The molecule has 21 heavy (non-hydrogen) atoms. The molecule has 3 nitrogen and oxygen atoms in total. The van der Waals surface area contributed by atoms with Crippen molar-refractivity contribution < 1.29 is 14.3 Å². The maximum Gasteiger partial charge on any atom is 0.174 e. The minimum absolute atomic E-state index is 0.00737. The van der Waals surface area contributed by atoms with Crippen molar-refractivity contribution in [3.63, 3.8) is 0 Å². The lowest BCUT2D eigenvalue weighted by Gasteiger charge is -2.07. The Bertz CT molecular complexity index is 643. The number of Topliss-reactive ketones (excluding diaryl/α,β-unsaturated/α-hetero) is 1. The van der Waals surface area contributed by atoms with Crippen LogP contribution in [0.25, 0.3) is 0 Å². The van der Waals surface area contributed by atoms with Gasteiger partial charge in [-0.1, -0.05) is 23.7 Å². The van der Waals surface area contributed by atoms with Gasteiger partial charge in [0.1, 0.15) is 18.1 Å². The molecule has 0 N–H and O–H groups in total. The van der Waals surface area contributed by atoms with Gasteiger partial charge in [-0.15, -0.1) is 0 Å². The highest BCUT2D eigenvalue weighted by atomic mass is 79.9. The highest BCUT2D eigenvalue weighted by molar-refractivity contribution is 9.10. The summed E-state index contributed by atoms with van der Waals surface area (Å²) in [4.78, 5) is 11.9. The molecule has 0 aliphatic carbocycles. The highest BCUT2D eigenvalue weighted by Gasteiger charge is 2.08. The first-order valence-electron chi connectivity index (χ1n) is 6.31. The monoisotopic (exact) mass is 368 g/mol. The third kappa shape index (κ3) is 4.76. The van der Waals surface area contributed by atoms with Gasteiger partial charge in [-0.2, -0.15) is 0 Å². The molecule has 0 saturated heterocycles. The van der Waals surface area contributed by atoms with Gasteiger partial charge in [0.05, 0.1) is 11.6 Å². The van der Waals surface area contributed by atoms with Crippen LogP contribution in [-0.4, -0.2) is 19.5 Å². The van der Waals surface area contributed by atoms with Crippen molar-refractivity contribution in [2.24, 2.45) is 0 Å². The fraction of sp³-hybridized carbons (Fsp3) is 0.188. The molecule has 0 aromatic heterocycles. The molecule has 2 aromatic carbocycles. The molecule has 0 aliphatic heterocycles. The molecule has 0 aliphatic rings. The predicted molar refractivity (Wildman–Crippen MR) is 86.4 cm³/mol. The first kappa shape index (κ1) is 15.9.